The zero-order chi connectivity index (χ0) is 23.5. The standard InChI is InChI=1S/C25H20ClN3O4/c1-15-5-3-4-6-20(15)28-23(30)14-29-13-18(24(31)16-7-9-27-10-8-16)25(32)17-11-22(33-2)19(26)12-21(17)29/h3-13H,14H2,1-2H3,(H,28,30). The molecule has 2 heterocycles. The van der Waals surface area contributed by atoms with Crippen LogP contribution in [0.3, 0.4) is 0 Å². The van der Waals surface area contributed by atoms with Gasteiger partial charge in [-0.15, -0.1) is 0 Å². The number of hydrogen-bond donors (Lipinski definition) is 1. The molecule has 0 unspecified atom stereocenters. The fourth-order valence-electron chi connectivity index (χ4n) is 3.56. The molecular weight excluding hydrogens is 442 g/mol. The molecular formula is C25H20ClN3O4. The Balaban J connectivity index is 1.83. The van der Waals surface area contributed by atoms with E-state index >= 15 is 0 Å². The Bertz CT molecular complexity index is 1430. The smallest absolute Gasteiger partial charge is 0.244 e. The third-order valence-corrected chi connectivity index (χ3v) is 5.57. The van der Waals surface area contributed by atoms with Gasteiger partial charge in [0.1, 0.15) is 12.3 Å². The predicted octanol–water partition coefficient (Wildman–Crippen LogP) is 4.24. The molecule has 4 rings (SSSR count). The summed E-state index contributed by atoms with van der Waals surface area (Å²) in [4.78, 5) is 43.1. The van der Waals surface area contributed by atoms with Crippen molar-refractivity contribution in [1.29, 1.82) is 0 Å². The average molecular weight is 462 g/mol. The van der Waals surface area contributed by atoms with Gasteiger partial charge in [0.05, 0.1) is 28.6 Å². The van der Waals surface area contributed by atoms with Gasteiger partial charge in [0.15, 0.2) is 5.78 Å². The Labute approximate surface area is 194 Å². The highest BCUT2D eigenvalue weighted by atomic mass is 35.5. The molecule has 7 nitrogen and oxygen atoms in total. The van der Waals surface area contributed by atoms with Gasteiger partial charge >= 0.3 is 0 Å². The highest BCUT2D eigenvalue weighted by Crippen LogP contribution is 2.29. The van der Waals surface area contributed by atoms with Crippen molar-refractivity contribution in [2.45, 2.75) is 13.5 Å². The zero-order valence-corrected chi connectivity index (χ0v) is 18.7. The van der Waals surface area contributed by atoms with Crippen molar-refractivity contribution in [3.8, 4) is 5.75 Å². The van der Waals surface area contributed by atoms with Crippen molar-refractivity contribution >= 4 is 39.9 Å². The SMILES string of the molecule is COc1cc2c(=O)c(C(=O)c3ccncc3)cn(CC(=O)Nc3ccccc3C)c2cc1Cl. The van der Waals surface area contributed by atoms with Crippen molar-refractivity contribution in [2.75, 3.05) is 12.4 Å². The Morgan fingerprint density at radius 2 is 1.85 bits per heavy atom. The van der Waals surface area contributed by atoms with Gasteiger partial charge in [-0.3, -0.25) is 19.4 Å². The van der Waals surface area contributed by atoms with E-state index in [1.165, 1.54) is 43.9 Å². The molecule has 0 saturated carbocycles. The van der Waals surface area contributed by atoms with Crippen LogP contribution in [0.2, 0.25) is 5.02 Å². The Kier molecular flexibility index (Phi) is 6.24. The van der Waals surface area contributed by atoms with E-state index in [1.807, 2.05) is 25.1 Å². The Morgan fingerprint density at radius 1 is 1.12 bits per heavy atom. The molecule has 0 aliphatic carbocycles. The number of nitrogens with zero attached hydrogens (tertiary/aromatic N) is 2. The van der Waals surface area contributed by atoms with E-state index in [-0.39, 0.29) is 28.4 Å². The molecule has 166 valence electrons. The lowest BCUT2D eigenvalue weighted by atomic mass is 10.0. The number of amides is 1. The lowest BCUT2D eigenvalue weighted by Gasteiger charge is -2.15. The Hall–Kier alpha value is -3.97. The summed E-state index contributed by atoms with van der Waals surface area (Å²) in [5.74, 6) is -0.486. The van der Waals surface area contributed by atoms with Gasteiger partial charge in [-0.2, -0.15) is 0 Å². The molecule has 0 atom stereocenters. The highest BCUT2D eigenvalue weighted by molar-refractivity contribution is 6.32. The van der Waals surface area contributed by atoms with Crippen LogP contribution in [-0.4, -0.2) is 28.4 Å². The number of pyridine rings is 2. The number of aromatic nitrogens is 2. The number of aryl methyl sites for hydroxylation is 1. The first-order valence-corrected chi connectivity index (χ1v) is 10.5. The van der Waals surface area contributed by atoms with E-state index in [2.05, 4.69) is 10.3 Å². The number of hydrogen-bond acceptors (Lipinski definition) is 5. The number of benzene rings is 2. The van der Waals surface area contributed by atoms with E-state index in [0.29, 0.717) is 22.5 Å². The summed E-state index contributed by atoms with van der Waals surface area (Å²) in [6.45, 7) is 1.76. The second-order valence-corrected chi connectivity index (χ2v) is 7.84. The number of anilines is 1. The molecule has 33 heavy (non-hydrogen) atoms. The minimum absolute atomic E-state index is 0.0678. The first kappa shape index (κ1) is 22.2. The maximum atomic E-state index is 13.2. The lowest BCUT2D eigenvalue weighted by Crippen LogP contribution is -2.24. The van der Waals surface area contributed by atoms with Crippen LogP contribution >= 0.6 is 11.6 Å². The van der Waals surface area contributed by atoms with E-state index in [9.17, 15) is 14.4 Å². The first-order valence-electron chi connectivity index (χ1n) is 10.1. The van der Waals surface area contributed by atoms with Crippen LogP contribution in [0.15, 0.2) is 71.9 Å². The van der Waals surface area contributed by atoms with Crippen LogP contribution in [0.5, 0.6) is 5.75 Å². The van der Waals surface area contributed by atoms with Crippen LogP contribution in [0.1, 0.15) is 21.5 Å². The predicted molar refractivity (Wildman–Crippen MR) is 127 cm³/mol. The third-order valence-electron chi connectivity index (χ3n) is 5.27. The minimum Gasteiger partial charge on any atom is -0.495 e. The van der Waals surface area contributed by atoms with Crippen molar-refractivity contribution in [3.63, 3.8) is 0 Å². The van der Waals surface area contributed by atoms with Crippen LogP contribution in [-0.2, 0) is 11.3 Å². The second kappa shape index (κ2) is 9.26. The van der Waals surface area contributed by atoms with E-state index < -0.39 is 11.2 Å². The van der Waals surface area contributed by atoms with E-state index in [4.69, 9.17) is 16.3 Å². The van der Waals surface area contributed by atoms with Gasteiger partial charge in [0.2, 0.25) is 11.3 Å². The number of rotatable bonds is 6. The molecule has 2 aromatic heterocycles. The summed E-state index contributed by atoms with van der Waals surface area (Å²) in [7, 11) is 1.44. The molecule has 0 fully saturated rings. The van der Waals surface area contributed by atoms with E-state index in [0.717, 1.165) is 5.56 Å². The molecule has 1 N–H and O–H groups in total. The molecule has 2 aromatic carbocycles. The topological polar surface area (TPSA) is 90.3 Å². The van der Waals surface area contributed by atoms with Gasteiger partial charge < -0.3 is 14.6 Å². The molecule has 0 spiro atoms. The van der Waals surface area contributed by atoms with Crippen molar-refractivity contribution in [1.82, 2.24) is 9.55 Å². The van der Waals surface area contributed by atoms with Gasteiger partial charge in [-0.05, 0) is 42.8 Å². The largest absolute Gasteiger partial charge is 0.495 e. The highest BCUT2D eigenvalue weighted by Gasteiger charge is 2.20. The third kappa shape index (κ3) is 4.49. The molecule has 8 heteroatoms. The average Bonchev–Trinajstić information content (AvgIpc) is 2.82. The quantitative estimate of drug-likeness (QED) is 0.434. The molecule has 0 bridgehead atoms. The summed E-state index contributed by atoms with van der Waals surface area (Å²) in [6, 6.07) is 13.5. The summed E-state index contributed by atoms with van der Waals surface area (Å²) < 4.78 is 6.80. The molecule has 0 saturated heterocycles. The summed E-state index contributed by atoms with van der Waals surface area (Å²) in [6.07, 6.45) is 4.35. The number of ketones is 1. The fourth-order valence-corrected chi connectivity index (χ4v) is 3.79. The van der Waals surface area contributed by atoms with E-state index in [1.54, 1.807) is 16.7 Å². The molecule has 0 aliphatic heterocycles. The lowest BCUT2D eigenvalue weighted by molar-refractivity contribution is -0.116. The maximum Gasteiger partial charge on any atom is 0.244 e. The van der Waals surface area contributed by atoms with Gasteiger partial charge in [0.25, 0.3) is 0 Å². The van der Waals surface area contributed by atoms with Gasteiger partial charge in [0, 0.05) is 29.8 Å². The van der Waals surface area contributed by atoms with Crippen molar-refractivity contribution < 1.29 is 14.3 Å². The monoisotopic (exact) mass is 461 g/mol. The summed E-state index contributed by atoms with van der Waals surface area (Å²) in [5, 5.41) is 3.37. The molecule has 4 aromatic rings. The van der Waals surface area contributed by atoms with Crippen molar-refractivity contribution in [2.24, 2.45) is 0 Å². The first-order chi connectivity index (χ1) is 15.9. The molecule has 0 aliphatic rings. The van der Waals surface area contributed by atoms with Crippen LogP contribution in [0.4, 0.5) is 5.69 Å². The summed E-state index contributed by atoms with van der Waals surface area (Å²) in [5.41, 5.74) is 1.78. The summed E-state index contributed by atoms with van der Waals surface area (Å²) >= 11 is 6.30. The zero-order valence-electron chi connectivity index (χ0n) is 18.0. The number of carbonyl (C=O) groups excluding carboxylic acids is 2. The van der Waals surface area contributed by atoms with Crippen LogP contribution in [0, 0.1) is 6.92 Å². The second-order valence-electron chi connectivity index (χ2n) is 7.43. The number of methoxy groups -OCH3 is 1. The minimum atomic E-state index is -0.475. The number of para-hydroxylation sites is 1. The number of halogens is 1. The van der Waals surface area contributed by atoms with Crippen molar-refractivity contribution in [3.05, 3.63) is 99.1 Å². The number of fused-ring (bicyclic) bond motifs is 1. The van der Waals surface area contributed by atoms with Crippen LogP contribution in [0.25, 0.3) is 10.9 Å². The number of carbonyl (C=O) groups is 2. The van der Waals surface area contributed by atoms with Crippen LogP contribution < -0.4 is 15.5 Å². The fraction of sp³-hybridized carbons (Fsp3) is 0.120. The molecule has 1 amide bonds. The normalized spacial score (nSPS) is 10.8. The Morgan fingerprint density at radius 3 is 2.55 bits per heavy atom. The van der Waals surface area contributed by atoms with Gasteiger partial charge in [-0.25, -0.2) is 0 Å². The molecule has 0 radical (unpaired) electrons. The van der Waals surface area contributed by atoms with Gasteiger partial charge in [-0.1, -0.05) is 29.8 Å². The maximum absolute atomic E-state index is 13.2. The number of nitrogens with one attached hydrogen (secondary N) is 1. The number of ether oxygens (including phenoxy) is 1.